The Hall–Kier alpha value is -4.37. The van der Waals surface area contributed by atoms with Crippen LogP contribution in [0.1, 0.15) is 37.0 Å². The van der Waals surface area contributed by atoms with Crippen LogP contribution in [0.3, 0.4) is 0 Å². The Balaban J connectivity index is 1.61. The summed E-state index contributed by atoms with van der Waals surface area (Å²) in [7, 11) is 1.61. The zero-order valence-electron chi connectivity index (χ0n) is 23.1. The summed E-state index contributed by atoms with van der Waals surface area (Å²) in [5, 5.41) is 5.54. The van der Waals surface area contributed by atoms with E-state index in [0.717, 1.165) is 33.5 Å². The third kappa shape index (κ3) is 6.60. The molecule has 2 atom stereocenters. The number of anilines is 1. The topological polar surface area (TPSA) is 140 Å². The highest BCUT2D eigenvalue weighted by molar-refractivity contribution is 6.01. The maximum absolute atomic E-state index is 13.8. The number of nitrogens with two attached hydrogens (primary N) is 2. The summed E-state index contributed by atoms with van der Waals surface area (Å²) < 4.78 is 5.43. The molecule has 9 heteroatoms. The van der Waals surface area contributed by atoms with Gasteiger partial charge in [-0.2, -0.15) is 0 Å². The number of nitrogens with one attached hydrogen (secondary N) is 2. The van der Waals surface area contributed by atoms with Crippen LogP contribution in [0.2, 0.25) is 0 Å². The maximum atomic E-state index is 13.8. The number of primary amides is 1. The van der Waals surface area contributed by atoms with E-state index in [0.29, 0.717) is 31.7 Å². The number of carbonyl (C=O) groups excluding carboxylic acids is 3. The molecule has 4 rings (SSSR count). The molecule has 3 aromatic carbocycles. The van der Waals surface area contributed by atoms with Crippen LogP contribution in [0, 0.1) is 5.92 Å². The van der Waals surface area contributed by atoms with E-state index in [-0.39, 0.29) is 17.7 Å². The van der Waals surface area contributed by atoms with E-state index in [1.54, 1.807) is 12.0 Å². The molecule has 1 unspecified atom stereocenters. The number of methoxy groups -OCH3 is 1. The van der Waals surface area contributed by atoms with Crippen LogP contribution in [0.25, 0.3) is 11.1 Å². The molecule has 0 aliphatic carbocycles. The molecule has 0 saturated heterocycles. The summed E-state index contributed by atoms with van der Waals surface area (Å²) in [6.45, 7) is 4.41. The van der Waals surface area contributed by atoms with Gasteiger partial charge in [-0.3, -0.25) is 9.59 Å². The maximum Gasteiger partial charge on any atom is 0.312 e. The Morgan fingerprint density at radius 3 is 2.48 bits per heavy atom. The number of rotatable bonds is 9. The van der Waals surface area contributed by atoms with Crippen LogP contribution in [-0.4, -0.2) is 37.0 Å². The summed E-state index contributed by atoms with van der Waals surface area (Å²) in [4.78, 5) is 39.6. The van der Waals surface area contributed by atoms with Gasteiger partial charge in [-0.15, -0.1) is 0 Å². The van der Waals surface area contributed by atoms with Crippen molar-refractivity contribution >= 4 is 23.5 Å². The van der Waals surface area contributed by atoms with Gasteiger partial charge in [0.05, 0.1) is 19.7 Å². The highest BCUT2D eigenvalue weighted by atomic mass is 16.5. The van der Waals surface area contributed by atoms with Gasteiger partial charge in [-0.05, 0) is 64.8 Å². The van der Waals surface area contributed by atoms with Crippen molar-refractivity contribution in [3.05, 3.63) is 83.4 Å². The van der Waals surface area contributed by atoms with Crippen molar-refractivity contribution in [2.24, 2.45) is 17.4 Å². The zero-order valence-corrected chi connectivity index (χ0v) is 23.1. The van der Waals surface area contributed by atoms with Gasteiger partial charge in [0, 0.05) is 12.2 Å². The minimum absolute atomic E-state index is 0.0475. The normalized spacial score (nSPS) is 15.7. The lowest BCUT2D eigenvalue weighted by atomic mass is 9.98. The fourth-order valence-electron chi connectivity index (χ4n) is 4.86. The number of fused-ring (bicyclic) bond motifs is 1. The Kier molecular flexibility index (Phi) is 9.06. The summed E-state index contributed by atoms with van der Waals surface area (Å²) >= 11 is 0. The molecule has 3 aromatic rings. The Morgan fingerprint density at radius 1 is 1.07 bits per heavy atom. The number of amides is 4. The number of hydrogen-bond donors (Lipinski definition) is 4. The lowest BCUT2D eigenvalue weighted by Gasteiger charge is -2.27. The number of urea groups is 1. The van der Waals surface area contributed by atoms with Crippen LogP contribution in [-0.2, 0) is 29.1 Å². The second kappa shape index (κ2) is 12.7. The molecule has 4 amide bonds. The number of carbonyl (C=O) groups is 3. The van der Waals surface area contributed by atoms with Gasteiger partial charge in [0.2, 0.25) is 11.8 Å². The highest BCUT2D eigenvalue weighted by Crippen LogP contribution is 2.32. The molecule has 0 radical (unpaired) electrons. The molecular weight excluding hydrogens is 506 g/mol. The van der Waals surface area contributed by atoms with Gasteiger partial charge in [-0.1, -0.05) is 62.4 Å². The smallest absolute Gasteiger partial charge is 0.312 e. The largest absolute Gasteiger partial charge is 0.497 e. The molecule has 9 nitrogen and oxygen atoms in total. The summed E-state index contributed by atoms with van der Waals surface area (Å²) in [6.07, 6.45) is 1.06. The van der Waals surface area contributed by atoms with Gasteiger partial charge in [0.25, 0.3) is 0 Å². The van der Waals surface area contributed by atoms with E-state index in [4.69, 9.17) is 16.2 Å². The second-order valence-corrected chi connectivity index (χ2v) is 10.4. The van der Waals surface area contributed by atoms with E-state index in [1.807, 2.05) is 80.6 Å². The second-order valence-electron chi connectivity index (χ2n) is 10.4. The standard InChI is InChI=1S/C31H37N5O4/c1-19(2)28(32)29(37)35-26-14-12-22-16-24(40-3)13-15-27(22)36(30(26)38)18-20-8-10-21(11-9-20)25-7-5-4-6-23(25)17-34-31(33)39/h4-11,13,15-16,19,26,28H,12,14,17-18,32H2,1-3H3,(H,35,37)(H3,33,34,39)/t26-,28?/m1/s1. The van der Waals surface area contributed by atoms with Gasteiger partial charge in [-0.25, -0.2) is 4.79 Å². The molecule has 0 spiro atoms. The first-order valence-electron chi connectivity index (χ1n) is 13.4. The minimum atomic E-state index is -0.695. The molecule has 1 aliphatic heterocycles. The minimum Gasteiger partial charge on any atom is -0.497 e. The zero-order chi connectivity index (χ0) is 28.8. The van der Waals surface area contributed by atoms with Crippen molar-refractivity contribution in [3.63, 3.8) is 0 Å². The van der Waals surface area contributed by atoms with Crippen molar-refractivity contribution in [1.82, 2.24) is 10.6 Å². The van der Waals surface area contributed by atoms with Crippen LogP contribution in [0.15, 0.2) is 66.7 Å². The third-order valence-electron chi connectivity index (χ3n) is 7.26. The molecule has 1 heterocycles. The number of benzene rings is 3. The molecular formula is C31H37N5O4. The first-order valence-corrected chi connectivity index (χ1v) is 13.4. The van der Waals surface area contributed by atoms with Crippen LogP contribution < -0.4 is 31.7 Å². The third-order valence-corrected chi connectivity index (χ3v) is 7.26. The lowest BCUT2D eigenvalue weighted by molar-refractivity contribution is -0.129. The van der Waals surface area contributed by atoms with Crippen molar-refractivity contribution in [3.8, 4) is 16.9 Å². The number of hydrogen-bond acceptors (Lipinski definition) is 5. The monoisotopic (exact) mass is 543 g/mol. The van der Waals surface area contributed by atoms with Crippen molar-refractivity contribution in [2.45, 2.75) is 51.9 Å². The average molecular weight is 544 g/mol. The van der Waals surface area contributed by atoms with Crippen molar-refractivity contribution in [1.29, 1.82) is 0 Å². The van der Waals surface area contributed by atoms with E-state index >= 15 is 0 Å². The molecule has 0 bridgehead atoms. The Labute approximate surface area is 234 Å². The van der Waals surface area contributed by atoms with E-state index in [1.165, 1.54) is 0 Å². The van der Waals surface area contributed by atoms with Crippen LogP contribution >= 0.6 is 0 Å². The first-order chi connectivity index (χ1) is 19.2. The predicted molar refractivity (Wildman–Crippen MR) is 156 cm³/mol. The number of aryl methyl sites for hydroxylation is 1. The fraction of sp³-hybridized carbons (Fsp3) is 0.323. The SMILES string of the molecule is COc1ccc2c(c1)CC[C@@H](NC(=O)C(N)C(C)C)C(=O)N2Cc1ccc(-c2ccccc2CNC(N)=O)cc1. The first kappa shape index (κ1) is 28.6. The Morgan fingerprint density at radius 2 is 1.80 bits per heavy atom. The molecule has 0 fully saturated rings. The van der Waals surface area contributed by atoms with E-state index in [9.17, 15) is 14.4 Å². The summed E-state index contributed by atoms with van der Waals surface area (Å²) in [6, 6.07) is 19.5. The molecule has 210 valence electrons. The van der Waals surface area contributed by atoms with Crippen LogP contribution in [0.4, 0.5) is 10.5 Å². The number of nitrogens with zero attached hydrogens (tertiary/aromatic N) is 1. The molecule has 0 saturated carbocycles. The predicted octanol–water partition coefficient (Wildman–Crippen LogP) is 3.48. The van der Waals surface area contributed by atoms with Crippen molar-refractivity contribution < 1.29 is 19.1 Å². The van der Waals surface area contributed by atoms with Gasteiger partial charge < -0.3 is 31.7 Å². The molecule has 0 aromatic heterocycles. The summed E-state index contributed by atoms with van der Waals surface area (Å²) in [5.41, 5.74) is 16.9. The quantitative estimate of drug-likeness (QED) is 0.327. The van der Waals surface area contributed by atoms with Gasteiger partial charge in [0.15, 0.2) is 0 Å². The highest BCUT2D eigenvalue weighted by Gasteiger charge is 2.33. The van der Waals surface area contributed by atoms with Gasteiger partial charge >= 0.3 is 6.03 Å². The average Bonchev–Trinajstić information content (AvgIpc) is 3.08. The van der Waals surface area contributed by atoms with Crippen molar-refractivity contribution in [2.75, 3.05) is 12.0 Å². The number of ether oxygens (including phenoxy) is 1. The molecule has 1 aliphatic rings. The van der Waals surface area contributed by atoms with Crippen LogP contribution in [0.5, 0.6) is 5.75 Å². The van der Waals surface area contributed by atoms with E-state index in [2.05, 4.69) is 10.6 Å². The van der Waals surface area contributed by atoms with Gasteiger partial charge in [0.1, 0.15) is 11.8 Å². The molecule has 40 heavy (non-hydrogen) atoms. The lowest BCUT2D eigenvalue weighted by Crippen LogP contribution is -2.53. The molecule has 6 N–H and O–H groups in total. The fourth-order valence-corrected chi connectivity index (χ4v) is 4.86. The Bertz CT molecular complexity index is 1370. The summed E-state index contributed by atoms with van der Waals surface area (Å²) in [5.74, 6) is 0.156. The van der Waals surface area contributed by atoms with E-state index < -0.39 is 18.1 Å².